The van der Waals surface area contributed by atoms with Gasteiger partial charge in [0.1, 0.15) is 0 Å². The fraction of sp³-hybridized carbons (Fsp3) is 0.583. The maximum absolute atomic E-state index is 12.0. The molecule has 0 spiro atoms. The molecule has 0 amide bonds. The highest BCUT2D eigenvalue weighted by Gasteiger charge is 2.06. The van der Waals surface area contributed by atoms with Gasteiger partial charge in [0.05, 0.1) is 11.9 Å². The van der Waals surface area contributed by atoms with Crippen molar-refractivity contribution in [2.75, 3.05) is 14.1 Å². The zero-order chi connectivity index (χ0) is 13.7. The molecule has 0 aromatic carbocycles. The first kappa shape index (κ1) is 14.2. The van der Waals surface area contributed by atoms with Crippen molar-refractivity contribution in [3.63, 3.8) is 0 Å². The lowest BCUT2D eigenvalue weighted by atomic mass is 10.3. The fourth-order valence-electron chi connectivity index (χ4n) is 1.51. The Morgan fingerprint density at radius 1 is 1.39 bits per heavy atom. The third kappa shape index (κ3) is 3.32. The Bertz CT molecular complexity index is 540. The summed E-state index contributed by atoms with van der Waals surface area (Å²) in [6.07, 6.45) is 3.27. The fourth-order valence-corrected chi connectivity index (χ4v) is 1.51. The number of rotatable bonds is 5. The van der Waals surface area contributed by atoms with Crippen molar-refractivity contribution in [3.05, 3.63) is 32.6 Å². The van der Waals surface area contributed by atoms with Gasteiger partial charge in [0.15, 0.2) is 0 Å². The van der Waals surface area contributed by atoms with Crippen molar-refractivity contribution >= 4 is 6.21 Å². The molecule has 0 N–H and O–H groups in total. The van der Waals surface area contributed by atoms with E-state index in [2.05, 4.69) is 5.10 Å². The van der Waals surface area contributed by atoms with Gasteiger partial charge in [-0.1, -0.05) is 13.3 Å². The quantitative estimate of drug-likeness (QED) is 0.557. The van der Waals surface area contributed by atoms with E-state index in [1.807, 2.05) is 6.92 Å². The smallest absolute Gasteiger partial charge is 0.303 e. The second-order valence-corrected chi connectivity index (χ2v) is 4.35. The summed E-state index contributed by atoms with van der Waals surface area (Å²) in [6, 6.07) is 1.43. The van der Waals surface area contributed by atoms with Crippen LogP contribution in [-0.4, -0.2) is 34.5 Å². The molecular weight excluding hydrogens is 232 g/mol. The van der Waals surface area contributed by atoms with Crippen LogP contribution in [0.3, 0.4) is 0 Å². The SMILES string of the molecule is CCCCn1c(=O)cc(/C=N/N(C)C)n(C)c1=O. The van der Waals surface area contributed by atoms with Crippen LogP contribution in [0.4, 0.5) is 0 Å². The standard InChI is InChI=1S/C12H20N4O2/c1-5-6-7-16-11(17)8-10(9-13-14(2)3)15(4)12(16)18/h8-9H,5-7H2,1-4H3/b13-9+. The van der Waals surface area contributed by atoms with Gasteiger partial charge in [-0.25, -0.2) is 4.79 Å². The average Bonchev–Trinajstić information content (AvgIpc) is 2.32. The summed E-state index contributed by atoms with van der Waals surface area (Å²) in [5.74, 6) is 0. The van der Waals surface area contributed by atoms with E-state index in [1.165, 1.54) is 21.4 Å². The van der Waals surface area contributed by atoms with Crippen LogP contribution in [0.2, 0.25) is 0 Å². The summed E-state index contributed by atoms with van der Waals surface area (Å²) >= 11 is 0. The van der Waals surface area contributed by atoms with Crippen molar-refractivity contribution in [2.24, 2.45) is 12.1 Å². The molecule has 0 bridgehead atoms. The molecule has 1 aromatic heterocycles. The predicted molar refractivity (Wildman–Crippen MR) is 72.1 cm³/mol. The van der Waals surface area contributed by atoms with Crippen LogP contribution < -0.4 is 11.2 Å². The van der Waals surface area contributed by atoms with Crippen molar-refractivity contribution in [3.8, 4) is 0 Å². The molecule has 1 aromatic rings. The summed E-state index contributed by atoms with van der Waals surface area (Å²) in [6.45, 7) is 2.49. The number of unbranched alkanes of at least 4 members (excludes halogenated alkanes) is 1. The topological polar surface area (TPSA) is 59.6 Å². The van der Waals surface area contributed by atoms with E-state index in [-0.39, 0.29) is 11.2 Å². The largest absolute Gasteiger partial charge is 0.331 e. The van der Waals surface area contributed by atoms with Crippen molar-refractivity contribution in [1.29, 1.82) is 0 Å². The van der Waals surface area contributed by atoms with Crippen molar-refractivity contribution < 1.29 is 0 Å². The summed E-state index contributed by atoms with van der Waals surface area (Å²) in [4.78, 5) is 23.8. The molecule has 1 heterocycles. The minimum absolute atomic E-state index is 0.272. The van der Waals surface area contributed by atoms with Crippen LogP contribution in [0.15, 0.2) is 20.8 Å². The Labute approximate surface area is 106 Å². The lowest BCUT2D eigenvalue weighted by Gasteiger charge is -2.09. The van der Waals surface area contributed by atoms with Gasteiger partial charge in [0.2, 0.25) is 0 Å². The average molecular weight is 252 g/mol. The van der Waals surface area contributed by atoms with Gasteiger partial charge < -0.3 is 5.01 Å². The molecule has 6 nitrogen and oxygen atoms in total. The van der Waals surface area contributed by atoms with E-state index in [0.717, 1.165) is 12.8 Å². The highest BCUT2D eigenvalue weighted by molar-refractivity contribution is 5.76. The Hall–Kier alpha value is -1.85. The maximum atomic E-state index is 12.0. The van der Waals surface area contributed by atoms with Crippen LogP contribution in [0.25, 0.3) is 0 Å². The van der Waals surface area contributed by atoms with E-state index < -0.39 is 0 Å². The molecular formula is C12H20N4O2. The number of hydrogen-bond donors (Lipinski definition) is 0. The molecule has 0 saturated heterocycles. The molecule has 0 aliphatic carbocycles. The minimum Gasteiger partial charge on any atom is -0.303 e. The Morgan fingerprint density at radius 3 is 2.61 bits per heavy atom. The molecule has 0 saturated carbocycles. The van der Waals surface area contributed by atoms with Crippen LogP contribution in [0, 0.1) is 0 Å². The molecule has 1 rings (SSSR count). The Kier molecular flexibility index (Phi) is 4.88. The number of nitrogens with zero attached hydrogens (tertiary/aromatic N) is 4. The monoisotopic (exact) mass is 252 g/mol. The molecule has 0 radical (unpaired) electrons. The first-order valence-electron chi connectivity index (χ1n) is 5.99. The van der Waals surface area contributed by atoms with Gasteiger partial charge in [-0.3, -0.25) is 13.9 Å². The first-order valence-corrected chi connectivity index (χ1v) is 5.99. The number of hydrogen-bond acceptors (Lipinski definition) is 4. The number of hydrazone groups is 1. The highest BCUT2D eigenvalue weighted by atomic mass is 16.2. The third-order valence-electron chi connectivity index (χ3n) is 2.60. The van der Waals surface area contributed by atoms with Gasteiger partial charge in [-0.05, 0) is 6.42 Å². The van der Waals surface area contributed by atoms with Crippen LogP contribution in [0.1, 0.15) is 25.5 Å². The van der Waals surface area contributed by atoms with Gasteiger partial charge in [-0.15, -0.1) is 0 Å². The van der Waals surface area contributed by atoms with E-state index in [0.29, 0.717) is 12.2 Å². The molecule has 6 heteroatoms. The van der Waals surface area contributed by atoms with Gasteiger partial charge in [0.25, 0.3) is 5.56 Å². The zero-order valence-corrected chi connectivity index (χ0v) is 11.4. The van der Waals surface area contributed by atoms with Crippen LogP contribution in [-0.2, 0) is 13.6 Å². The summed E-state index contributed by atoms with van der Waals surface area (Å²) in [5, 5.41) is 5.63. The predicted octanol–water partition coefficient (Wildman–Crippen LogP) is 0.243. The van der Waals surface area contributed by atoms with E-state index >= 15 is 0 Å². The maximum Gasteiger partial charge on any atom is 0.331 e. The number of aromatic nitrogens is 2. The highest BCUT2D eigenvalue weighted by Crippen LogP contribution is 1.91. The first-order chi connectivity index (χ1) is 8.47. The van der Waals surface area contributed by atoms with Crippen LogP contribution in [0.5, 0.6) is 0 Å². The van der Waals surface area contributed by atoms with E-state index in [1.54, 1.807) is 26.2 Å². The normalized spacial score (nSPS) is 11.1. The van der Waals surface area contributed by atoms with E-state index in [4.69, 9.17) is 0 Å². The molecule has 0 atom stereocenters. The second kappa shape index (κ2) is 6.18. The molecule has 18 heavy (non-hydrogen) atoms. The van der Waals surface area contributed by atoms with Crippen molar-refractivity contribution in [1.82, 2.24) is 14.1 Å². The van der Waals surface area contributed by atoms with Gasteiger partial charge >= 0.3 is 5.69 Å². The minimum atomic E-state index is -0.295. The zero-order valence-electron chi connectivity index (χ0n) is 11.4. The lowest BCUT2D eigenvalue weighted by Crippen LogP contribution is -2.40. The molecule has 0 unspecified atom stereocenters. The molecule has 0 aliphatic rings. The van der Waals surface area contributed by atoms with Gasteiger partial charge in [-0.2, -0.15) is 5.10 Å². The van der Waals surface area contributed by atoms with E-state index in [9.17, 15) is 9.59 Å². The third-order valence-corrected chi connectivity index (χ3v) is 2.60. The second-order valence-electron chi connectivity index (χ2n) is 4.35. The Morgan fingerprint density at radius 2 is 2.06 bits per heavy atom. The summed E-state index contributed by atoms with van der Waals surface area (Å²) in [7, 11) is 5.19. The molecule has 0 aliphatic heterocycles. The molecule has 100 valence electrons. The van der Waals surface area contributed by atoms with Crippen molar-refractivity contribution in [2.45, 2.75) is 26.3 Å². The lowest BCUT2D eigenvalue weighted by molar-refractivity contribution is 0.440. The summed E-state index contributed by atoms with van der Waals surface area (Å²) in [5.41, 5.74) is -0.0608. The van der Waals surface area contributed by atoms with Crippen LogP contribution >= 0.6 is 0 Å². The van der Waals surface area contributed by atoms with Gasteiger partial charge in [0, 0.05) is 33.8 Å². The Balaban J connectivity index is 3.20. The summed E-state index contributed by atoms with van der Waals surface area (Å²) < 4.78 is 2.70. The molecule has 0 fully saturated rings.